The average Bonchev–Trinajstić information content (AvgIpc) is 2.59. The van der Waals surface area contributed by atoms with Crippen LogP contribution in [0.5, 0.6) is 0 Å². The molecule has 1 saturated heterocycles. The van der Waals surface area contributed by atoms with Crippen LogP contribution in [0.25, 0.3) is 0 Å². The lowest BCUT2D eigenvalue weighted by Crippen LogP contribution is -2.32. The van der Waals surface area contributed by atoms with Crippen molar-refractivity contribution in [1.29, 1.82) is 0 Å². The highest BCUT2D eigenvalue weighted by atomic mass is 32.2. The first-order valence-electron chi connectivity index (χ1n) is 7.84. The van der Waals surface area contributed by atoms with Gasteiger partial charge in [0.1, 0.15) is 9.84 Å². The monoisotopic (exact) mass is 305 g/mol. The molecule has 0 aromatic rings. The summed E-state index contributed by atoms with van der Waals surface area (Å²) < 4.78 is 22.3. The molecule has 0 spiro atoms. The number of nitrogens with zero attached hydrogens (tertiary/aromatic N) is 2. The van der Waals surface area contributed by atoms with Crippen molar-refractivity contribution >= 4 is 9.84 Å². The molecule has 20 heavy (non-hydrogen) atoms. The standard InChI is InChI=1S/C14H31N3O2S/c1-20(18,19)14-6-11-17-10-5-9-16(12-13-17)8-4-2-3-7-15/h2-15H2,1H3. The highest BCUT2D eigenvalue weighted by molar-refractivity contribution is 7.90. The molecule has 0 aliphatic carbocycles. The smallest absolute Gasteiger partial charge is 0.147 e. The Hall–Kier alpha value is -0.170. The molecule has 0 aromatic heterocycles. The fourth-order valence-corrected chi connectivity index (χ4v) is 3.33. The maximum Gasteiger partial charge on any atom is 0.147 e. The van der Waals surface area contributed by atoms with Gasteiger partial charge in [-0.25, -0.2) is 8.42 Å². The number of nitrogens with two attached hydrogens (primary N) is 1. The van der Waals surface area contributed by atoms with Gasteiger partial charge in [0.25, 0.3) is 0 Å². The van der Waals surface area contributed by atoms with E-state index in [1.54, 1.807) is 0 Å². The molecule has 2 N–H and O–H groups in total. The van der Waals surface area contributed by atoms with E-state index in [9.17, 15) is 8.42 Å². The van der Waals surface area contributed by atoms with E-state index in [1.165, 1.54) is 38.6 Å². The molecule has 0 radical (unpaired) electrons. The van der Waals surface area contributed by atoms with Crippen molar-refractivity contribution in [2.45, 2.75) is 32.1 Å². The van der Waals surface area contributed by atoms with Crippen LogP contribution in [0.1, 0.15) is 32.1 Å². The van der Waals surface area contributed by atoms with Gasteiger partial charge < -0.3 is 15.5 Å². The van der Waals surface area contributed by atoms with Crippen LogP contribution in [0.2, 0.25) is 0 Å². The number of unbranched alkanes of at least 4 members (excludes halogenated alkanes) is 2. The molecule has 0 amide bonds. The van der Waals surface area contributed by atoms with Crippen LogP contribution < -0.4 is 5.73 Å². The van der Waals surface area contributed by atoms with Crippen LogP contribution in [0.3, 0.4) is 0 Å². The third-order valence-corrected chi connectivity index (χ3v) is 4.88. The number of sulfone groups is 1. The van der Waals surface area contributed by atoms with Crippen molar-refractivity contribution in [1.82, 2.24) is 9.80 Å². The summed E-state index contributed by atoms with van der Waals surface area (Å²) in [5.41, 5.74) is 5.50. The Bertz CT molecular complexity index is 346. The Morgan fingerprint density at radius 1 is 0.900 bits per heavy atom. The lowest BCUT2D eigenvalue weighted by atomic mass is 10.2. The Morgan fingerprint density at radius 3 is 2.05 bits per heavy atom. The highest BCUT2D eigenvalue weighted by Gasteiger charge is 2.14. The van der Waals surface area contributed by atoms with Gasteiger partial charge in [-0.05, 0) is 58.4 Å². The van der Waals surface area contributed by atoms with Gasteiger partial charge in [0.05, 0.1) is 5.75 Å². The molecule has 1 fully saturated rings. The molecule has 0 atom stereocenters. The topological polar surface area (TPSA) is 66.6 Å². The first-order valence-corrected chi connectivity index (χ1v) is 9.90. The predicted octanol–water partition coefficient (Wildman–Crippen LogP) is 0.558. The lowest BCUT2D eigenvalue weighted by molar-refractivity contribution is 0.253. The van der Waals surface area contributed by atoms with Crippen molar-refractivity contribution < 1.29 is 8.42 Å². The minimum absolute atomic E-state index is 0.312. The van der Waals surface area contributed by atoms with Crippen LogP contribution in [0, 0.1) is 0 Å². The Morgan fingerprint density at radius 2 is 1.50 bits per heavy atom. The number of hydrogen-bond acceptors (Lipinski definition) is 5. The largest absolute Gasteiger partial charge is 0.330 e. The first kappa shape index (κ1) is 17.9. The summed E-state index contributed by atoms with van der Waals surface area (Å²) in [4.78, 5) is 4.94. The zero-order valence-electron chi connectivity index (χ0n) is 12.9. The number of rotatable bonds is 9. The summed E-state index contributed by atoms with van der Waals surface area (Å²) in [6.07, 6.45) is 6.87. The molecule has 120 valence electrons. The molecule has 1 aliphatic heterocycles. The molecule has 0 bridgehead atoms. The Kier molecular flexibility index (Phi) is 8.68. The van der Waals surface area contributed by atoms with Gasteiger partial charge in [-0.3, -0.25) is 0 Å². The van der Waals surface area contributed by atoms with Gasteiger partial charge in [0.15, 0.2) is 0 Å². The highest BCUT2D eigenvalue weighted by Crippen LogP contribution is 2.06. The van der Waals surface area contributed by atoms with Gasteiger partial charge in [-0.15, -0.1) is 0 Å². The molecule has 0 aromatic carbocycles. The zero-order valence-corrected chi connectivity index (χ0v) is 13.7. The summed E-state index contributed by atoms with van der Waals surface area (Å²) in [5, 5.41) is 0. The van der Waals surface area contributed by atoms with Crippen molar-refractivity contribution in [2.75, 3.05) is 57.8 Å². The van der Waals surface area contributed by atoms with Gasteiger partial charge in [-0.2, -0.15) is 0 Å². The van der Waals surface area contributed by atoms with Crippen molar-refractivity contribution in [3.8, 4) is 0 Å². The Labute approximate surface area is 124 Å². The maximum absolute atomic E-state index is 11.1. The molecule has 6 heteroatoms. The molecule has 1 aliphatic rings. The van der Waals surface area contributed by atoms with Crippen LogP contribution >= 0.6 is 0 Å². The van der Waals surface area contributed by atoms with E-state index in [4.69, 9.17) is 5.73 Å². The number of hydrogen-bond donors (Lipinski definition) is 1. The minimum atomic E-state index is -2.81. The normalized spacial score (nSPS) is 19.1. The van der Waals surface area contributed by atoms with E-state index in [0.717, 1.165) is 45.6 Å². The molecule has 5 nitrogen and oxygen atoms in total. The van der Waals surface area contributed by atoms with Gasteiger partial charge in [0.2, 0.25) is 0 Å². The fraction of sp³-hybridized carbons (Fsp3) is 1.00. The van der Waals surface area contributed by atoms with Crippen molar-refractivity contribution in [2.24, 2.45) is 5.73 Å². The SMILES string of the molecule is CS(=O)(=O)CCCN1CCCN(CCCCCN)CC1. The van der Waals surface area contributed by atoms with E-state index in [0.29, 0.717) is 5.75 Å². The van der Waals surface area contributed by atoms with Gasteiger partial charge in [-0.1, -0.05) is 6.42 Å². The van der Waals surface area contributed by atoms with Crippen LogP contribution in [-0.2, 0) is 9.84 Å². The van der Waals surface area contributed by atoms with E-state index in [-0.39, 0.29) is 0 Å². The third kappa shape index (κ3) is 8.89. The second-order valence-electron chi connectivity index (χ2n) is 5.87. The molecular formula is C14H31N3O2S. The maximum atomic E-state index is 11.1. The summed E-state index contributed by atoms with van der Waals surface area (Å²) >= 11 is 0. The van der Waals surface area contributed by atoms with E-state index in [1.807, 2.05) is 0 Å². The van der Waals surface area contributed by atoms with Crippen LogP contribution in [0.4, 0.5) is 0 Å². The second kappa shape index (κ2) is 9.71. The molecule has 1 rings (SSSR count). The second-order valence-corrected chi connectivity index (χ2v) is 8.13. The predicted molar refractivity (Wildman–Crippen MR) is 84.7 cm³/mol. The Balaban J connectivity index is 2.15. The lowest BCUT2D eigenvalue weighted by Gasteiger charge is -2.21. The average molecular weight is 305 g/mol. The minimum Gasteiger partial charge on any atom is -0.330 e. The quantitative estimate of drug-likeness (QED) is 0.631. The third-order valence-electron chi connectivity index (χ3n) is 3.85. The summed E-state index contributed by atoms with van der Waals surface area (Å²) in [5.74, 6) is 0.312. The fourth-order valence-electron chi connectivity index (χ4n) is 2.68. The summed E-state index contributed by atoms with van der Waals surface area (Å²) in [7, 11) is -2.81. The van der Waals surface area contributed by atoms with Crippen molar-refractivity contribution in [3.05, 3.63) is 0 Å². The molecule has 1 heterocycles. The first-order chi connectivity index (χ1) is 9.51. The van der Waals surface area contributed by atoms with Gasteiger partial charge in [0, 0.05) is 19.3 Å². The van der Waals surface area contributed by atoms with Crippen LogP contribution in [-0.4, -0.2) is 76.0 Å². The van der Waals surface area contributed by atoms with E-state index >= 15 is 0 Å². The summed E-state index contributed by atoms with van der Waals surface area (Å²) in [6.45, 7) is 7.34. The molecule has 0 unspecified atom stereocenters. The molecular weight excluding hydrogens is 274 g/mol. The van der Waals surface area contributed by atoms with E-state index < -0.39 is 9.84 Å². The summed E-state index contributed by atoms with van der Waals surface area (Å²) in [6, 6.07) is 0. The van der Waals surface area contributed by atoms with Crippen LogP contribution in [0.15, 0.2) is 0 Å². The van der Waals surface area contributed by atoms with E-state index in [2.05, 4.69) is 9.80 Å². The zero-order chi connectivity index (χ0) is 14.8. The molecule has 0 saturated carbocycles. The van der Waals surface area contributed by atoms with Crippen molar-refractivity contribution in [3.63, 3.8) is 0 Å². The van der Waals surface area contributed by atoms with Gasteiger partial charge >= 0.3 is 0 Å².